The molecular weight excluding hydrogens is 190 g/mol. The number of phenols is 1. The first-order valence-electron chi connectivity index (χ1n) is 5.90. The Morgan fingerprint density at radius 3 is 2.93 bits per heavy atom. The zero-order chi connectivity index (χ0) is 13.3. The topological polar surface area (TPSA) is 42.2 Å². The molecule has 0 aliphatic carbocycles. The van der Waals surface area contributed by atoms with Crippen molar-refractivity contribution in [3.05, 3.63) is 58.5 Å². The van der Waals surface area contributed by atoms with Crippen molar-refractivity contribution in [1.29, 1.82) is 0 Å². The highest BCUT2D eigenvalue weighted by Gasteiger charge is 1.99. The molecule has 76 valence electrons. The summed E-state index contributed by atoms with van der Waals surface area (Å²) in [5.74, 6) is 0.0127. The van der Waals surface area contributed by atoms with Crippen molar-refractivity contribution in [3.8, 4) is 11.4 Å². The maximum Gasteiger partial charge on any atom is 0.255 e. The molecule has 2 aromatic rings. The van der Waals surface area contributed by atoms with Gasteiger partial charge in [0, 0.05) is 22.4 Å². The van der Waals surface area contributed by atoms with Crippen LogP contribution in [0.4, 0.5) is 0 Å². The Hall–Kier alpha value is -2.03. The number of aromatic nitrogens is 1. The zero-order valence-corrected chi connectivity index (χ0v) is 7.84. The Kier molecular flexibility index (Phi) is 1.55. The predicted molar refractivity (Wildman–Crippen MR) is 58.4 cm³/mol. The highest BCUT2D eigenvalue weighted by atomic mass is 16.3. The van der Waals surface area contributed by atoms with E-state index in [1.807, 2.05) is 0 Å². The Balaban J connectivity index is 2.61. The maximum absolute atomic E-state index is 11.7. The summed E-state index contributed by atoms with van der Waals surface area (Å²) < 4.78 is 23.1. The van der Waals surface area contributed by atoms with Gasteiger partial charge in [-0.25, -0.2) is 0 Å². The molecule has 0 bridgehead atoms. The fourth-order valence-electron chi connectivity index (χ4n) is 1.33. The molecule has 0 saturated carbocycles. The molecule has 3 heteroatoms. The summed E-state index contributed by atoms with van der Waals surface area (Å²) >= 11 is 0. The SMILES string of the molecule is [2H]C([2H])([2H])c1ccc(=O)n(-c2cccc(O)c2)c1. The van der Waals surface area contributed by atoms with Crippen LogP contribution in [0.2, 0.25) is 0 Å². The van der Waals surface area contributed by atoms with Gasteiger partial charge in [0.25, 0.3) is 5.56 Å². The number of aryl methyl sites for hydroxylation is 1. The Morgan fingerprint density at radius 2 is 2.20 bits per heavy atom. The summed E-state index contributed by atoms with van der Waals surface area (Å²) in [6, 6.07) is 8.55. The predicted octanol–water partition coefficient (Wildman–Crippen LogP) is 1.85. The second-order valence-corrected chi connectivity index (χ2v) is 3.15. The van der Waals surface area contributed by atoms with Gasteiger partial charge < -0.3 is 5.11 Å². The average Bonchev–Trinajstić information content (AvgIpc) is 2.28. The number of rotatable bonds is 1. The van der Waals surface area contributed by atoms with Gasteiger partial charge in [0.1, 0.15) is 5.75 Å². The zero-order valence-electron chi connectivity index (χ0n) is 10.8. The highest BCUT2D eigenvalue weighted by molar-refractivity contribution is 5.39. The third-order valence-corrected chi connectivity index (χ3v) is 2.02. The molecule has 1 heterocycles. The van der Waals surface area contributed by atoms with Gasteiger partial charge in [0.05, 0.1) is 5.69 Å². The smallest absolute Gasteiger partial charge is 0.255 e. The lowest BCUT2D eigenvalue weighted by Crippen LogP contribution is -2.16. The van der Waals surface area contributed by atoms with E-state index in [1.165, 1.54) is 35.0 Å². The van der Waals surface area contributed by atoms with Crippen molar-refractivity contribution < 1.29 is 9.22 Å². The molecule has 0 spiro atoms. The van der Waals surface area contributed by atoms with Crippen molar-refractivity contribution in [3.63, 3.8) is 0 Å². The van der Waals surface area contributed by atoms with Crippen LogP contribution in [-0.2, 0) is 0 Å². The van der Waals surface area contributed by atoms with Crippen LogP contribution in [-0.4, -0.2) is 9.67 Å². The molecule has 1 aromatic carbocycles. The van der Waals surface area contributed by atoms with Gasteiger partial charge in [-0.05, 0) is 24.5 Å². The first kappa shape index (κ1) is 6.45. The molecule has 3 nitrogen and oxygen atoms in total. The monoisotopic (exact) mass is 204 g/mol. The van der Waals surface area contributed by atoms with E-state index in [0.717, 1.165) is 0 Å². The van der Waals surface area contributed by atoms with Crippen molar-refractivity contribution in [1.82, 2.24) is 4.57 Å². The average molecular weight is 204 g/mol. The largest absolute Gasteiger partial charge is 0.508 e. The van der Waals surface area contributed by atoms with Crippen LogP contribution in [0.15, 0.2) is 47.4 Å². The molecule has 0 amide bonds. The molecular formula is C12H11NO2. The number of benzene rings is 1. The van der Waals surface area contributed by atoms with Crippen molar-refractivity contribution >= 4 is 0 Å². The first-order chi connectivity index (χ1) is 8.38. The minimum absolute atomic E-state index is 0.0127. The Morgan fingerprint density at radius 1 is 1.33 bits per heavy atom. The van der Waals surface area contributed by atoms with E-state index in [2.05, 4.69) is 0 Å². The summed E-state index contributed by atoms with van der Waals surface area (Å²) in [5.41, 5.74) is 0.144. The third-order valence-electron chi connectivity index (χ3n) is 2.02. The summed E-state index contributed by atoms with van der Waals surface area (Å²) in [7, 11) is 0. The van der Waals surface area contributed by atoms with Crippen LogP contribution in [0, 0.1) is 6.85 Å². The molecule has 15 heavy (non-hydrogen) atoms. The summed E-state index contributed by atoms with van der Waals surface area (Å²) in [6.07, 6.45) is 1.27. The first-order valence-corrected chi connectivity index (χ1v) is 4.40. The van der Waals surface area contributed by atoms with Crippen molar-refractivity contribution in [2.45, 2.75) is 6.85 Å². The molecule has 2 rings (SSSR count). The summed E-state index contributed by atoms with van der Waals surface area (Å²) in [4.78, 5) is 11.7. The van der Waals surface area contributed by atoms with E-state index in [-0.39, 0.29) is 16.9 Å². The minimum Gasteiger partial charge on any atom is -0.508 e. The third kappa shape index (κ3) is 1.91. The van der Waals surface area contributed by atoms with E-state index in [4.69, 9.17) is 4.11 Å². The minimum atomic E-state index is -2.27. The fraction of sp³-hybridized carbons (Fsp3) is 0.0833. The van der Waals surface area contributed by atoms with Gasteiger partial charge in [-0.1, -0.05) is 12.1 Å². The van der Waals surface area contributed by atoms with Gasteiger partial charge in [0.15, 0.2) is 0 Å². The second-order valence-electron chi connectivity index (χ2n) is 3.15. The maximum atomic E-state index is 11.7. The normalized spacial score (nSPS) is 14.0. The molecule has 0 atom stereocenters. The number of nitrogens with zero attached hydrogens (tertiary/aromatic N) is 1. The van der Waals surface area contributed by atoms with Gasteiger partial charge in [-0.15, -0.1) is 0 Å². The number of hydrogen-bond donors (Lipinski definition) is 1. The lowest BCUT2D eigenvalue weighted by atomic mass is 10.2. The van der Waals surface area contributed by atoms with Gasteiger partial charge in [-0.3, -0.25) is 9.36 Å². The van der Waals surface area contributed by atoms with Crippen molar-refractivity contribution in [2.75, 3.05) is 0 Å². The van der Waals surface area contributed by atoms with E-state index in [0.29, 0.717) is 5.69 Å². The van der Waals surface area contributed by atoms with Crippen molar-refractivity contribution in [2.24, 2.45) is 0 Å². The molecule has 1 N–H and O–H groups in total. The van der Waals surface area contributed by atoms with Crippen LogP contribution < -0.4 is 5.56 Å². The molecule has 0 aliphatic heterocycles. The molecule has 0 fully saturated rings. The lowest BCUT2D eigenvalue weighted by Gasteiger charge is -2.06. The standard InChI is InChI=1S/C12H11NO2/c1-9-5-6-12(15)13(8-9)10-3-2-4-11(14)7-10/h2-8,14H,1H3/i1D3. The molecule has 0 radical (unpaired) electrons. The van der Waals surface area contributed by atoms with Crippen LogP contribution in [0.1, 0.15) is 9.68 Å². The number of phenolic OH excluding ortho intramolecular Hbond substituents is 1. The fourth-order valence-corrected chi connectivity index (χ4v) is 1.33. The summed E-state index contributed by atoms with van der Waals surface area (Å²) in [5, 5.41) is 9.37. The molecule has 0 saturated heterocycles. The van der Waals surface area contributed by atoms with E-state index < -0.39 is 6.85 Å². The van der Waals surface area contributed by atoms with Gasteiger partial charge in [0.2, 0.25) is 0 Å². The van der Waals surface area contributed by atoms with Crippen LogP contribution >= 0.6 is 0 Å². The lowest BCUT2D eigenvalue weighted by molar-refractivity contribution is 0.475. The van der Waals surface area contributed by atoms with Gasteiger partial charge in [-0.2, -0.15) is 0 Å². The summed E-state index contributed by atoms with van der Waals surface area (Å²) in [6.45, 7) is -2.27. The van der Waals surface area contributed by atoms with Crippen LogP contribution in [0.25, 0.3) is 5.69 Å². The number of hydrogen-bond acceptors (Lipinski definition) is 2. The van der Waals surface area contributed by atoms with Crippen LogP contribution in [0.5, 0.6) is 5.75 Å². The highest BCUT2D eigenvalue weighted by Crippen LogP contribution is 2.13. The van der Waals surface area contributed by atoms with E-state index >= 15 is 0 Å². The van der Waals surface area contributed by atoms with E-state index in [1.54, 1.807) is 12.1 Å². The van der Waals surface area contributed by atoms with Gasteiger partial charge >= 0.3 is 0 Å². The molecule has 1 aromatic heterocycles. The molecule has 0 aliphatic rings. The van der Waals surface area contributed by atoms with E-state index in [9.17, 15) is 9.90 Å². The number of pyridine rings is 1. The van der Waals surface area contributed by atoms with Crippen LogP contribution in [0.3, 0.4) is 0 Å². The Labute approximate surface area is 91.5 Å². The Bertz CT molecular complexity index is 632. The molecule has 0 unspecified atom stereocenters. The second kappa shape index (κ2) is 3.61. The quantitative estimate of drug-likeness (QED) is 0.770. The number of aromatic hydroxyl groups is 1.